The third kappa shape index (κ3) is 7.19. The minimum atomic E-state index is -3.45. The standard InChI is InChI=1S/C21H33NO5S2/c1-18(2)28(24,25)16-8-3-5-9-20(23)17-19-10-12-21(13-11-19)29(26,27)22-14-6-4-7-15-22/h10-13,18H,3-9,14-17H2,1-2H3. The number of unbranched alkanes of at least 4 members (excludes halogenated alkanes) is 2. The van der Waals surface area contributed by atoms with Crippen molar-refractivity contribution in [1.82, 2.24) is 4.31 Å². The number of ketones is 1. The minimum Gasteiger partial charge on any atom is -0.299 e. The second kappa shape index (κ2) is 10.7. The van der Waals surface area contributed by atoms with E-state index in [-0.39, 0.29) is 28.1 Å². The molecule has 2 rings (SSSR count). The lowest BCUT2D eigenvalue weighted by Crippen LogP contribution is -2.35. The molecule has 29 heavy (non-hydrogen) atoms. The molecule has 1 aliphatic heterocycles. The van der Waals surface area contributed by atoms with Crippen molar-refractivity contribution in [2.45, 2.75) is 75.4 Å². The Morgan fingerprint density at radius 3 is 2.14 bits per heavy atom. The molecule has 6 nitrogen and oxygen atoms in total. The summed E-state index contributed by atoms with van der Waals surface area (Å²) in [5.41, 5.74) is 0.801. The van der Waals surface area contributed by atoms with Crippen molar-refractivity contribution in [1.29, 1.82) is 0 Å². The summed E-state index contributed by atoms with van der Waals surface area (Å²) in [6.45, 7) is 4.51. The van der Waals surface area contributed by atoms with Gasteiger partial charge in [-0.05, 0) is 57.2 Å². The molecule has 1 heterocycles. The van der Waals surface area contributed by atoms with Gasteiger partial charge in [-0.2, -0.15) is 4.31 Å². The van der Waals surface area contributed by atoms with Crippen LogP contribution in [0.15, 0.2) is 29.2 Å². The van der Waals surface area contributed by atoms with E-state index in [0.717, 1.165) is 24.8 Å². The van der Waals surface area contributed by atoms with E-state index in [0.29, 0.717) is 38.8 Å². The van der Waals surface area contributed by atoms with Crippen LogP contribution >= 0.6 is 0 Å². The fourth-order valence-corrected chi connectivity index (χ4v) is 5.98. The van der Waals surface area contributed by atoms with Gasteiger partial charge in [0.25, 0.3) is 0 Å². The van der Waals surface area contributed by atoms with Crippen molar-refractivity contribution in [2.75, 3.05) is 18.8 Å². The van der Waals surface area contributed by atoms with Gasteiger partial charge in [0.1, 0.15) is 5.78 Å². The zero-order valence-electron chi connectivity index (χ0n) is 17.5. The number of sulfonamides is 1. The number of rotatable bonds is 11. The number of carbonyl (C=O) groups excluding carboxylic acids is 1. The lowest BCUT2D eigenvalue weighted by Gasteiger charge is -2.25. The van der Waals surface area contributed by atoms with Gasteiger partial charge in [0.05, 0.1) is 15.9 Å². The monoisotopic (exact) mass is 443 g/mol. The Labute approximate surface area is 175 Å². The maximum Gasteiger partial charge on any atom is 0.243 e. The predicted molar refractivity (Wildman–Crippen MR) is 115 cm³/mol. The summed E-state index contributed by atoms with van der Waals surface area (Å²) in [5, 5.41) is -0.356. The molecule has 0 aliphatic carbocycles. The van der Waals surface area contributed by atoms with Crippen LogP contribution in [0, 0.1) is 0 Å². The molecule has 8 heteroatoms. The number of carbonyl (C=O) groups is 1. The van der Waals surface area contributed by atoms with E-state index in [1.807, 2.05) is 0 Å². The van der Waals surface area contributed by atoms with Gasteiger partial charge in [-0.1, -0.05) is 25.0 Å². The van der Waals surface area contributed by atoms with E-state index in [1.54, 1.807) is 38.1 Å². The van der Waals surface area contributed by atoms with Crippen LogP contribution in [0.3, 0.4) is 0 Å². The summed E-state index contributed by atoms with van der Waals surface area (Å²) in [4.78, 5) is 12.4. The number of hydrogen-bond acceptors (Lipinski definition) is 5. The van der Waals surface area contributed by atoms with Gasteiger partial charge in [-0.3, -0.25) is 4.79 Å². The Balaban J connectivity index is 1.78. The third-order valence-corrected chi connectivity index (χ3v) is 9.59. The van der Waals surface area contributed by atoms with Crippen molar-refractivity contribution >= 4 is 25.6 Å². The van der Waals surface area contributed by atoms with Crippen molar-refractivity contribution < 1.29 is 21.6 Å². The van der Waals surface area contributed by atoms with Gasteiger partial charge >= 0.3 is 0 Å². The zero-order chi connectivity index (χ0) is 21.5. The Kier molecular flexibility index (Phi) is 8.85. The van der Waals surface area contributed by atoms with E-state index >= 15 is 0 Å². The van der Waals surface area contributed by atoms with Gasteiger partial charge < -0.3 is 0 Å². The molecule has 0 unspecified atom stereocenters. The Morgan fingerprint density at radius 1 is 0.931 bits per heavy atom. The van der Waals surface area contributed by atoms with Gasteiger partial charge in [0.2, 0.25) is 10.0 Å². The van der Waals surface area contributed by atoms with E-state index in [4.69, 9.17) is 0 Å². The molecule has 0 N–H and O–H groups in total. The molecule has 1 aromatic carbocycles. The molecule has 0 radical (unpaired) electrons. The Morgan fingerprint density at radius 2 is 1.55 bits per heavy atom. The van der Waals surface area contributed by atoms with Crippen molar-refractivity contribution in [3.8, 4) is 0 Å². The molecule has 0 spiro atoms. The number of Topliss-reactive ketones (excluding diaryl/α,β-unsaturated/α-hetero) is 1. The van der Waals surface area contributed by atoms with Crippen LogP contribution in [-0.2, 0) is 31.1 Å². The van der Waals surface area contributed by atoms with E-state index < -0.39 is 19.9 Å². The Bertz CT molecular complexity index is 868. The minimum absolute atomic E-state index is 0.0864. The summed E-state index contributed by atoms with van der Waals surface area (Å²) in [6, 6.07) is 6.60. The zero-order valence-corrected chi connectivity index (χ0v) is 19.1. The summed E-state index contributed by atoms with van der Waals surface area (Å²) < 4.78 is 50.4. The van der Waals surface area contributed by atoms with Gasteiger partial charge in [0.15, 0.2) is 9.84 Å². The summed E-state index contributed by atoms with van der Waals surface area (Å²) in [7, 11) is -6.46. The molecule has 1 aliphatic rings. The van der Waals surface area contributed by atoms with Crippen LogP contribution in [0.25, 0.3) is 0 Å². The fraction of sp³-hybridized carbons (Fsp3) is 0.667. The van der Waals surface area contributed by atoms with Crippen molar-refractivity contribution in [2.24, 2.45) is 0 Å². The quantitative estimate of drug-likeness (QED) is 0.489. The molecule has 0 aromatic heterocycles. The summed E-state index contributed by atoms with van der Waals surface area (Å²) in [6.07, 6.45) is 5.52. The maximum absolute atomic E-state index is 12.7. The summed E-state index contributed by atoms with van der Waals surface area (Å²) >= 11 is 0. The van der Waals surface area contributed by atoms with E-state index in [2.05, 4.69) is 0 Å². The van der Waals surface area contributed by atoms with Crippen LogP contribution in [0.2, 0.25) is 0 Å². The van der Waals surface area contributed by atoms with Gasteiger partial charge in [0, 0.05) is 25.9 Å². The topological polar surface area (TPSA) is 88.6 Å². The smallest absolute Gasteiger partial charge is 0.243 e. The van der Waals surface area contributed by atoms with Crippen LogP contribution in [-0.4, -0.2) is 51.0 Å². The van der Waals surface area contributed by atoms with E-state index in [1.165, 1.54) is 4.31 Å². The van der Waals surface area contributed by atoms with Crippen LogP contribution in [0.4, 0.5) is 0 Å². The number of hydrogen-bond donors (Lipinski definition) is 0. The molecule has 0 amide bonds. The molecule has 0 atom stereocenters. The average molecular weight is 444 g/mol. The second-order valence-corrected chi connectivity index (χ2v) is 12.7. The van der Waals surface area contributed by atoms with Gasteiger partial charge in [-0.15, -0.1) is 0 Å². The molecular weight excluding hydrogens is 410 g/mol. The van der Waals surface area contributed by atoms with Gasteiger partial charge in [-0.25, -0.2) is 16.8 Å². The number of sulfone groups is 1. The molecule has 0 saturated carbocycles. The first-order valence-electron chi connectivity index (χ1n) is 10.5. The predicted octanol–water partition coefficient (Wildman–Crippen LogP) is 3.36. The van der Waals surface area contributed by atoms with Crippen LogP contribution in [0.1, 0.15) is 64.4 Å². The highest BCUT2D eigenvalue weighted by atomic mass is 32.2. The number of nitrogens with zero attached hydrogens (tertiary/aromatic N) is 1. The molecule has 164 valence electrons. The average Bonchev–Trinajstić information content (AvgIpc) is 2.68. The first-order chi connectivity index (χ1) is 13.6. The molecule has 0 bridgehead atoms. The fourth-order valence-electron chi connectivity index (χ4n) is 3.39. The first kappa shape index (κ1) is 24.0. The first-order valence-corrected chi connectivity index (χ1v) is 13.6. The maximum atomic E-state index is 12.7. The molecule has 1 saturated heterocycles. The SMILES string of the molecule is CC(C)S(=O)(=O)CCCCCC(=O)Cc1ccc(S(=O)(=O)N2CCCCC2)cc1. The Hall–Kier alpha value is -1.25. The lowest BCUT2D eigenvalue weighted by molar-refractivity contribution is -0.118. The number of benzene rings is 1. The van der Waals surface area contributed by atoms with Crippen molar-refractivity contribution in [3.63, 3.8) is 0 Å². The molecular formula is C21H33NO5S2. The van der Waals surface area contributed by atoms with E-state index in [9.17, 15) is 21.6 Å². The largest absolute Gasteiger partial charge is 0.299 e. The third-order valence-electron chi connectivity index (χ3n) is 5.38. The molecule has 1 aromatic rings. The highest BCUT2D eigenvalue weighted by molar-refractivity contribution is 7.91. The van der Waals surface area contributed by atoms with Crippen LogP contribution < -0.4 is 0 Å². The highest BCUT2D eigenvalue weighted by Gasteiger charge is 2.25. The molecule has 1 fully saturated rings. The number of piperidine rings is 1. The van der Waals surface area contributed by atoms with Crippen molar-refractivity contribution in [3.05, 3.63) is 29.8 Å². The van der Waals surface area contributed by atoms with Crippen LogP contribution in [0.5, 0.6) is 0 Å². The second-order valence-electron chi connectivity index (χ2n) is 8.05. The normalized spacial score (nSPS) is 16.2. The lowest BCUT2D eigenvalue weighted by atomic mass is 10.0. The summed E-state index contributed by atoms with van der Waals surface area (Å²) in [5.74, 6) is 0.259. The highest BCUT2D eigenvalue weighted by Crippen LogP contribution is 2.21.